The minimum Gasteiger partial charge on any atom is -0.465 e. The van der Waals surface area contributed by atoms with Crippen molar-refractivity contribution in [1.82, 2.24) is 0 Å². The van der Waals surface area contributed by atoms with Crippen molar-refractivity contribution in [1.29, 1.82) is 0 Å². The summed E-state index contributed by atoms with van der Waals surface area (Å²) < 4.78 is 18.3. The summed E-state index contributed by atoms with van der Waals surface area (Å²) >= 11 is 0. The Morgan fingerprint density at radius 3 is 3.00 bits per heavy atom. The molecule has 5 heteroatoms. The first-order valence-electron chi connectivity index (χ1n) is 7.43. The molecular weight excluding hydrogens is 271 g/mol. The minimum absolute atomic E-state index is 0.212. The Kier molecular flexibility index (Phi) is 4.83. The largest absolute Gasteiger partial charge is 0.465 e. The molecule has 0 bridgehead atoms. The molecule has 0 amide bonds. The highest BCUT2D eigenvalue weighted by molar-refractivity contribution is 5.79. The second-order valence-electron chi connectivity index (χ2n) is 5.75. The monoisotopic (exact) mass is 294 g/mol. The van der Waals surface area contributed by atoms with E-state index in [0.717, 1.165) is 31.6 Å². The summed E-state index contributed by atoms with van der Waals surface area (Å²) in [6.45, 7) is 5.46. The molecule has 1 heterocycles. The number of nitrogens with two attached hydrogens (primary N) is 1. The van der Waals surface area contributed by atoms with E-state index in [9.17, 15) is 9.18 Å². The number of esters is 1. The number of halogens is 1. The lowest BCUT2D eigenvalue weighted by molar-refractivity contribution is -0.149. The smallest absolute Gasteiger partial charge is 0.325 e. The zero-order valence-corrected chi connectivity index (χ0v) is 12.7. The standard InChI is InChI=1S/C16H23FN2O2/c1-3-21-15(20)16(2,18)8-4-9-19-10-7-12-5-6-13(17)11-14(12)19/h5-6,11H,3-4,7-10,18H2,1-2H3. The maximum atomic E-state index is 13.3. The molecule has 2 rings (SSSR count). The van der Waals surface area contributed by atoms with Gasteiger partial charge >= 0.3 is 5.97 Å². The van der Waals surface area contributed by atoms with Crippen LogP contribution in [0.25, 0.3) is 0 Å². The van der Waals surface area contributed by atoms with Crippen LogP contribution in [0.5, 0.6) is 0 Å². The van der Waals surface area contributed by atoms with Gasteiger partial charge in [-0.1, -0.05) is 6.07 Å². The maximum Gasteiger partial charge on any atom is 0.325 e. The van der Waals surface area contributed by atoms with Gasteiger partial charge in [-0.3, -0.25) is 4.79 Å². The third-order valence-electron chi connectivity index (χ3n) is 3.90. The van der Waals surface area contributed by atoms with Crippen LogP contribution in [0.1, 0.15) is 32.3 Å². The fourth-order valence-electron chi connectivity index (χ4n) is 2.69. The van der Waals surface area contributed by atoms with Crippen LogP contribution in [0.4, 0.5) is 10.1 Å². The lowest BCUT2D eigenvalue weighted by Gasteiger charge is -2.25. The molecule has 21 heavy (non-hydrogen) atoms. The van der Waals surface area contributed by atoms with Gasteiger partial charge in [-0.15, -0.1) is 0 Å². The van der Waals surface area contributed by atoms with Crippen molar-refractivity contribution in [3.05, 3.63) is 29.6 Å². The van der Waals surface area contributed by atoms with Crippen molar-refractivity contribution in [2.75, 3.05) is 24.6 Å². The van der Waals surface area contributed by atoms with E-state index in [0.29, 0.717) is 13.0 Å². The summed E-state index contributed by atoms with van der Waals surface area (Å²) in [5.41, 5.74) is 7.18. The zero-order chi connectivity index (χ0) is 15.5. The lowest BCUT2D eigenvalue weighted by Crippen LogP contribution is -2.46. The molecule has 0 saturated heterocycles. The van der Waals surface area contributed by atoms with Crippen LogP contribution >= 0.6 is 0 Å². The highest BCUT2D eigenvalue weighted by Crippen LogP contribution is 2.29. The van der Waals surface area contributed by atoms with E-state index in [4.69, 9.17) is 10.5 Å². The Morgan fingerprint density at radius 1 is 1.52 bits per heavy atom. The molecule has 1 aliphatic rings. The normalized spacial score (nSPS) is 16.5. The zero-order valence-electron chi connectivity index (χ0n) is 12.7. The van der Waals surface area contributed by atoms with Crippen molar-refractivity contribution in [2.24, 2.45) is 5.73 Å². The SMILES string of the molecule is CCOC(=O)C(C)(N)CCCN1CCc2ccc(F)cc21. The third kappa shape index (κ3) is 3.73. The van der Waals surface area contributed by atoms with E-state index in [2.05, 4.69) is 4.90 Å². The van der Waals surface area contributed by atoms with Gasteiger partial charge in [0.1, 0.15) is 11.4 Å². The van der Waals surface area contributed by atoms with E-state index in [1.54, 1.807) is 19.9 Å². The fourth-order valence-corrected chi connectivity index (χ4v) is 2.69. The molecule has 0 fully saturated rings. The molecule has 0 spiro atoms. The molecule has 0 aliphatic carbocycles. The van der Waals surface area contributed by atoms with Crippen molar-refractivity contribution in [3.63, 3.8) is 0 Å². The molecule has 1 aromatic rings. The molecule has 1 unspecified atom stereocenters. The summed E-state index contributed by atoms with van der Waals surface area (Å²) in [6.07, 6.45) is 2.25. The van der Waals surface area contributed by atoms with Gasteiger partial charge in [0.15, 0.2) is 0 Å². The first-order valence-corrected chi connectivity index (χ1v) is 7.43. The number of fused-ring (bicyclic) bond motifs is 1. The van der Waals surface area contributed by atoms with Crippen molar-refractivity contribution >= 4 is 11.7 Å². The molecule has 0 saturated carbocycles. The van der Waals surface area contributed by atoms with Crippen molar-refractivity contribution in [3.8, 4) is 0 Å². The van der Waals surface area contributed by atoms with E-state index in [-0.39, 0.29) is 11.8 Å². The van der Waals surface area contributed by atoms with Crippen LogP contribution in [0, 0.1) is 5.82 Å². The molecule has 0 aromatic heterocycles. The van der Waals surface area contributed by atoms with Crippen LogP contribution in [0.3, 0.4) is 0 Å². The number of hydrogen-bond acceptors (Lipinski definition) is 4. The van der Waals surface area contributed by atoms with Gasteiger partial charge in [0.2, 0.25) is 0 Å². The predicted octanol–water partition coefficient (Wildman–Crippen LogP) is 2.25. The Labute approximate surface area is 125 Å². The molecular formula is C16H23FN2O2. The fraction of sp³-hybridized carbons (Fsp3) is 0.562. The molecule has 116 valence electrons. The first-order chi connectivity index (χ1) is 9.94. The van der Waals surface area contributed by atoms with Gasteiger partial charge in [0.25, 0.3) is 0 Å². The lowest BCUT2D eigenvalue weighted by atomic mass is 9.97. The molecule has 1 aromatic carbocycles. The van der Waals surface area contributed by atoms with E-state index >= 15 is 0 Å². The van der Waals surface area contributed by atoms with Gasteiger partial charge in [-0.2, -0.15) is 0 Å². The quantitative estimate of drug-likeness (QED) is 0.818. The van der Waals surface area contributed by atoms with Crippen LogP contribution in [-0.2, 0) is 16.0 Å². The van der Waals surface area contributed by atoms with Crippen molar-refractivity contribution in [2.45, 2.75) is 38.6 Å². The average Bonchev–Trinajstić information content (AvgIpc) is 2.81. The highest BCUT2D eigenvalue weighted by atomic mass is 19.1. The highest BCUT2D eigenvalue weighted by Gasteiger charge is 2.30. The molecule has 1 atom stereocenters. The Bertz CT molecular complexity index is 517. The van der Waals surface area contributed by atoms with Crippen LogP contribution in [0.15, 0.2) is 18.2 Å². The molecule has 2 N–H and O–H groups in total. The summed E-state index contributed by atoms with van der Waals surface area (Å²) in [6, 6.07) is 4.92. The Morgan fingerprint density at radius 2 is 2.29 bits per heavy atom. The Balaban J connectivity index is 1.88. The third-order valence-corrected chi connectivity index (χ3v) is 3.90. The summed E-state index contributed by atoms with van der Waals surface area (Å²) in [5.74, 6) is -0.575. The average molecular weight is 294 g/mol. The Hall–Kier alpha value is -1.62. The number of anilines is 1. The number of nitrogens with zero attached hydrogens (tertiary/aromatic N) is 1. The van der Waals surface area contributed by atoms with Crippen LogP contribution < -0.4 is 10.6 Å². The number of rotatable bonds is 6. The summed E-state index contributed by atoms with van der Waals surface area (Å²) in [5, 5.41) is 0. The number of carbonyl (C=O) groups is 1. The van der Waals surface area contributed by atoms with Crippen LogP contribution in [0.2, 0.25) is 0 Å². The molecule has 0 radical (unpaired) electrons. The van der Waals surface area contributed by atoms with Gasteiger partial charge in [0.05, 0.1) is 6.61 Å². The maximum absolute atomic E-state index is 13.3. The van der Waals surface area contributed by atoms with E-state index in [1.165, 1.54) is 11.6 Å². The van der Waals surface area contributed by atoms with Gasteiger partial charge in [0, 0.05) is 18.8 Å². The predicted molar refractivity (Wildman–Crippen MR) is 80.8 cm³/mol. The second kappa shape index (κ2) is 6.43. The van der Waals surface area contributed by atoms with Gasteiger partial charge in [-0.05, 0) is 50.8 Å². The topological polar surface area (TPSA) is 55.6 Å². The summed E-state index contributed by atoms with van der Waals surface area (Å²) in [4.78, 5) is 13.9. The van der Waals surface area contributed by atoms with E-state index < -0.39 is 5.54 Å². The summed E-state index contributed by atoms with van der Waals surface area (Å²) in [7, 11) is 0. The number of benzene rings is 1. The minimum atomic E-state index is -0.958. The van der Waals surface area contributed by atoms with Gasteiger partial charge < -0.3 is 15.4 Å². The molecule has 4 nitrogen and oxygen atoms in total. The number of hydrogen-bond donors (Lipinski definition) is 1. The van der Waals surface area contributed by atoms with Crippen molar-refractivity contribution < 1.29 is 13.9 Å². The first kappa shape index (κ1) is 15.8. The molecule has 1 aliphatic heterocycles. The van der Waals surface area contributed by atoms with E-state index in [1.807, 2.05) is 6.07 Å². The number of carbonyl (C=O) groups excluding carboxylic acids is 1. The van der Waals surface area contributed by atoms with Crippen LogP contribution in [-0.4, -0.2) is 31.2 Å². The number of ether oxygens (including phenoxy) is 1. The van der Waals surface area contributed by atoms with Gasteiger partial charge in [-0.25, -0.2) is 4.39 Å². The second-order valence-corrected chi connectivity index (χ2v) is 5.75.